The average Bonchev–Trinajstić information content (AvgIpc) is 2.68. The summed E-state index contributed by atoms with van der Waals surface area (Å²) in [6, 6.07) is 8.59. The molecule has 0 bridgehead atoms. The van der Waals surface area contributed by atoms with E-state index in [1.165, 1.54) is 0 Å². The maximum atomic E-state index is 12.3. The number of anilines is 2. The van der Waals surface area contributed by atoms with E-state index in [0.717, 1.165) is 69.6 Å². The molecule has 3 N–H and O–H groups in total. The molecule has 0 saturated carbocycles. The van der Waals surface area contributed by atoms with Gasteiger partial charge in [-0.2, -0.15) is 0 Å². The number of nitrogens with zero attached hydrogens (tertiary/aromatic N) is 1. The normalized spacial score (nSPS) is 14.9. The van der Waals surface area contributed by atoms with Crippen LogP contribution in [0.2, 0.25) is 0 Å². The van der Waals surface area contributed by atoms with Crippen molar-refractivity contribution in [3.05, 3.63) is 62.1 Å². The van der Waals surface area contributed by atoms with Crippen LogP contribution in [0.1, 0.15) is 29.7 Å². The van der Waals surface area contributed by atoms with Crippen molar-refractivity contribution >= 4 is 38.2 Å². The molecule has 29 heavy (non-hydrogen) atoms. The first-order valence-electron chi connectivity index (χ1n) is 9.87. The first-order valence-corrected chi connectivity index (χ1v) is 10.7. The van der Waals surface area contributed by atoms with Crippen LogP contribution in [-0.4, -0.2) is 29.2 Å². The topological polar surface area (TPSA) is 79.0 Å². The van der Waals surface area contributed by atoms with Crippen LogP contribution >= 0.6 is 15.9 Å². The van der Waals surface area contributed by atoms with E-state index in [4.69, 9.17) is 4.74 Å². The minimum Gasteiger partial charge on any atom is -0.382 e. The van der Waals surface area contributed by atoms with Gasteiger partial charge < -0.3 is 20.4 Å². The third kappa shape index (κ3) is 4.46. The number of aromatic amines is 1. The van der Waals surface area contributed by atoms with Crippen LogP contribution in [0.25, 0.3) is 10.8 Å². The van der Waals surface area contributed by atoms with Crippen LogP contribution in [0.5, 0.6) is 0 Å². The molecule has 152 valence electrons. The molecule has 3 aromatic rings. The predicted molar refractivity (Wildman–Crippen MR) is 121 cm³/mol. The Morgan fingerprint density at radius 3 is 2.76 bits per heavy atom. The van der Waals surface area contributed by atoms with Crippen LogP contribution in [0.15, 0.2) is 39.7 Å². The van der Waals surface area contributed by atoms with E-state index in [1.54, 1.807) is 6.20 Å². The second-order valence-corrected chi connectivity index (χ2v) is 8.45. The summed E-state index contributed by atoms with van der Waals surface area (Å²) in [5.41, 5.74) is 3.59. The highest BCUT2D eigenvalue weighted by atomic mass is 79.9. The maximum absolute atomic E-state index is 12.3. The third-order valence-corrected chi connectivity index (χ3v) is 5.81. The average molecular weight is 457 g/mol. The molecule has 0 amide bonds. The molecular formula is C22H25BrN4O2. The highest BCUT2D eigenvalue weighted by molar-refractivity contribution is 9.10. The summed E-state index contributed by atoms with van der Waals surface area (Å²) < 4.78 is 6.46. The second kappa shape index (κ2) is 8.55. The fourth-order valence-corrected chi connectivity index (χ4v) is 4.30. The Bertz CT molecular complexity index is 1090. The fraction of sp³-hybridized carbons (Fsp3) is 0.364. The van der Waals surface area contributed by atoms with Crippen molar-refractivity contribution < 1.29 is 4.74 Å². The van der Waals surface area contributed by atoms with Crippen LogP contribution in [0, 0.1) is 13.8 Å². The number of fused-ring (bicyclic) bond motifs is 1. The minimum absolute atomic E-state index is 0.0571. The molecule has 0 aliphatic carbocycles. The number of benzene rings is 1. The lowest BCUT2D eigenvalue weighted by Crippen LogP contribution is -2.27. The summed E-state index contributed by atoms with van der Waals surface area (Å²) in [5, 5.41) is 9.15. The fourth-order valence-electron chi connectivity index (χ4n) is 3.84. The van der Waals surface area contributed by atoms with Crippen molar-refractivity contribution in [2.24, 2.45) is 0 Å². The molecule has 4 rings (SSSR count). The molecule has 6 nitrogen and oxygen atoms in total. The van der Waals surface area contributed by atoms with Gasteiger partial charge in [-0.3, -0.25) is 4.79 Å². The molecule has 1 aliphatic rings. The van der Waals surface area contributed by atoms with Crippen molar-refractivity contribution in [3.63, 3.8) is 0 Å². The number of H-pyrrole nitrogens is 1. The number of pyridine rings is 2. The summed E-state index contributed by atoms with van der Waals surface area (Å²) in [7, 11) is 0. The van der Waals surface area contributed by atoms with Crippen LogP contribution in [0.3, 0.4) is 0 Å². The highest BCUT2D eigenvalue weighted by Crippen LogP contribution is 2.33. The number of nitrogens with one attached hydrogen (secondary N) is 3. The first kappa shape index (κ1) is 19.9. The maximum Gasteiger partial charge on any atom is 0.253 e. The van der Waals surface area contributed by atoms with Crippen molar-refractivity contribution in [1.29, 1.82) is 0 Å². The Hall–Kier alpha value is -2.38. The summed E-state index contributed by atoms with van der Waals surface area (Å²) in [5.74, 6) is 0.762. The van der Waals surface area contributed by atoms with Crippen molar-refractivity contribution in [1.82, 2.24) is 9.97 Å². The lowest BCUT2D eigenvalue weighted by Gasteiger charge is -2.25. The van der Waals surface area contributed by atoms with E-state index in [2.05, 4.69) is 48.7 Å². The van der Waals surface area contributed by atoms with E-state index in [9.17, 15) is 4.79 Å². The first-order chi connectivity index (χ1) is 14.0. The van der Waals surface area contributed by atoms with E-state index < -0.39 is 0 Å². The molecule has 0 radical (unpaired) electrons. The highest BCUT2D eigenvalue weighted by Gasteiger charge is 2.16. The van der Waals surface area contributed by atoms with Crippen molar-refractivity contribution in [3.8, 4) is 0 Å². The van der Waals surface area contributed by atoms with E-state index in [0.29, 0.717) is 12.6 Å². The number of hydrogen-bond donors (Lipinski definition) is 3. The standard InChI is InChI=1S/C22H25BrN4O2/c1-13-9-14(2)26-22(28)19(13)12-25-21-18-10-15(23)11-20(17(18)3-6-24-21)27-16-4-7-29-8-5-16/h3,6,9-11,16,27H,4-5,7-8,12H2,1-2H3,(H,24,25)(H,26,28). The Morgan fingerprint density at radius 1 is 1.21 bits per heavy atom. The second-order valence-electron chi connectivity index (χ2n) is 7.54. The molecular weight excluding hydrogens is 432 g/mol. The van der Waals surface area contributed by atoms with Gasteiger partial charge in [-0.25, -0.2) is 4.98 Å². The number of hydrogen-bond acceptors (Lipinski definition) is 5. The van der Waals surface area contributed by atoms with E-state index in [-0.39, 0.29) is 5.56 Å². The molecule has 1 aliphatic heterocycles. The molecule has 0 atom stereocenters. The van der Waals surface area contributed by atoms with E-state index in [1.807, 2.05) is 26.0 Å². The summed E-state index contributed by atoms with van der Waals surface area (Å²) in [6.07, 6.45) is 3.80. The zero-order valence-corrected chi connectivity index (χ0v) is 18.2. The van der Waals surface area contributed by atoms with Crippen LogP contribution in [0.4, 0.5) is 11.5 Å². The monoisotopic (exact) mass is 456 g/mol. The number of ether oxygens (including phenoxy) is 1. The Labute approximate surface area is 178 Å². The molecule has 1 saturated heterocycles. The molecule has 0 spiro atoms. The Balaban J connectivity index is 1.64. The lowest BCUT2D eigenvalue weighted by atomic mass is 10.1. The van der Waals surface area contributed by atoms with Crippen molar-refractivity contribution in [2.75, 3.05) is 23.8 Å². The van der Waals surface area contributed by atoms with Crippen LogP contribution < -0.4 is 16.2 Å². The third-order valence-electron chi connectivity index (χ3n) is 5.35. The lowest BCUT2D eigenvalue weighted by molar-refractivity contribution is 0.0905. The SMILES string of the molecule is Cc1cc(C)c(CNc2nccc3c(NC4CCOCC4)cc(Br)cc23)c(=O)[nH]1. The van der Waals surface area contributed by atoms with Crippen molar-refractivity contribution in [2.45, 2.75) is 39.3 Å². The molecule has 1 fully saturated rings. The van der Waals surface area contributed by atoms with Gasteiger partial charge in [0.2, 0.25) is 0 Å². The number of rotatable bonds is 5. The minimum atomic E-state index is -0.0571. The predicted octanol–water partition coefficient (Wildman–Crippen LogP) is 4.51. The molecule has 0 unspecified atom stereocenters. The summed E-state index contributed by atoms with van der Waals surface area (Å²) in [4.78, 5) is 19.7. The van der Waals surface area contributed by atoms with Gasteiger partial charge in [-0.15, -0.1) is 0 Å². The summed E-state index contributed by atoms with van der Waals surface area (Å²) >= 11 is 3.63. The van der Waals surface area contributed by atoms with Gasteiger partial charge in [0.15, 0.2) is 0 Å². The summed E-state index contributed by atoms with van der Waals surface area (Å²) in [6.45, 7) is 5.86. The van der Waals surface area contributed by atoms with Gasteiger partial charge in [-0.1, -0.05) is 15.9 Å². The largest absolute Gasteiger partial charge is 0.382 e. The zero-order chi connectivity index (χ0) is 20.4. The number of halogens is 1. The Morgan fingerprint density at radius 2 is 2.00 bits per heavy atom. The smallest absolute Gasteiger partial charge is 0.253 e. The quantitative estimate of drug-likeness (QED) is 0.526. The van der Waals surface area contributed by atoms with Gasteiger partial charge in [-0.05, 0) is 56.5 Å². The van der Waals surface area contributed by atoms with E-state index >= 15 is 0 Å². The van der Waals surface area contributed by atoms with Gasteiger partial charge in [0.1, 0.15) is 5.82 Å². The van der Waals surface area contributed by atoms with Crippen LogP contribution in [-0.2, 0) is 11.3 Å². The van der Waals surface area contributed by atoms with Gasteiger partial charge >= 0.3 is 0 Å². The molecule has 3 heterocycles. The van der Waals surface area contributed by atoms with Gasteiger partial charge in [0, 0.05) is 64.2 Å². The van der Waals surface area contributed by atoms with Gasteiger partial charge in [0.25, 0.3) is 5.56 Å². The molecule has 2 aromatic heterocycles. The molecule has 1 aromatic carbocycles. The number of aryl methyl sites for hydroxylation is 2. The molecule has 7 heteroatoms. The zero-order valence-electron chi connectivity index (χ0n) is 16.6. The Kier molecular flexibility index (Phi) is 5.87. The number of aromatic nitrogens is 2. The van der Waals surface area contributed by atoms with Gasteiger partial charge in [0.05, 0.1) is 0 Å².